The Morgan fingerprint density at radius 3 is 2.38 bits per heavy atom. The van der Waals surface area contributed by atoms with Crippen LogP contribution in [-0.2, 0) is 0 Å². The van der Waals surface area contributed by atoms with E-state index in [0.717, 1.165) is 29.0 Å². The number of alkyl halides is 1. The summed E-state index contributed by atoms with van der Waals surface area (Å²) in [6, 6.07) is 16.2. The molecule has 0 spiro atoms. The van der Waals surface area contributed by atoms with Crippen LogP contribution in [0.15, 0.2) is 48.5 Å². The van der Waals surface area contributed by atoms with Crippen molar-refractivity contribution in [1.82, 2.24) is 0 Å². The third-order valence-electron chi connectivity index (χ3n) is 2.94. The molecule has 0 aromatic heterocycles. The van der Waals surface area contributed by atoms with Gasteiger partial charge in [-0.15, -0.1) is 11.6 Å². The molecule has 0 aliphatic heterocycles. The molecule has 0 amide bonds. The molecule has 0 unspecified atom stereocenters. The second-order valence-corrected chi connectivity index (χ2v) is 5.49. The minimum atomic E-state index is 0.189. The lowest BCUT2D eigenvalue weighted by Gasteiger charge is -2.11. The number of rotatable bonds is 7. The lowest BCUT2D eigenvalue weighted by molar-refractivity contribution is 0.242. The summed E-state index contributed by atoms with van der Waals surface area (Å²) in [5, 5.41) is 0. The van der Waals surface area contributed by atoms with Crippen LogP contribution in [0.25, 0.3) is 11.1 Å². The molecular formula is C18H21ClO2. The summed E-state index contributed by atoms with van der Waals surface area (Å²) < 4.78 is 11.3. The predicted molar refractivity (Wildman–Crippen MR) is 88.5 cm³/mol. The van der Waals surface area contributed by atoms with Gasteiger partial charge in [-0.1, -0.05) is 24.3 Å². The van der Waals surface area contributed by atoms with Crippen molar-refractivity contribution in [2.24, 2.45) is 0 Å². The van der Waals surface area contributed by atoms with Gasteiger partial charge in [0, 0.05) is 5.88 Å². The Balaban J connectivity index is 2.08. The van der Waals surface area contributed by atoms with Gasteiger partial charge in [-0.25, -0.2) is 0 Å². The van der Waals surface area contributed by atoms with Crippen LogP contribution in [0.5, 0.6) is 11.5 Å². The van der Waals surface area contributed by atoms with Gasteiger partial charge in [0.1, 0.15) is 11.5 Å². The molecule has 0 saturated heterocycles. The second-order valence-electron chi connectivity index (χ2n) is 5.11. The van der Waals surface area contributed by atoms with Gasteiger partial charge >= 0.3 is 0 Å². The molecular weight excluding hydrogens is 284 g/mol. The Labute approximate surface area is 131 Å². The van der Waals surface area contributed by atoms with Crippen LogP contribution < -0.4 is 9.47 Å². The molecule has 2 aromatic rings. The highest BCUT2D eigenvalue weighted by atomic mass is 35.5. The summed E-state index contributed by atoms with van der Waals surface area (Å²) in [4.78, 5) is 0. The summed E-state index contributed by atoms with van der Waals surface area (Å²) in [5.74, 6) is 2.39. The molecule has 2 nitrogen and oxygen atoms in total. The van der Waals surface area contributed by atoms with E-state index in [1.165, 1.54) is 0 Å². The molecule has 2 aromatic carbocycles. The molecule has 0 radical (unpaired) electrons. The summed E-state index contributed by atoms with van der Waals surface area (Å²) >= 11 is 5.65. The van der Waals surface area contributed by atoms with Crippen LogP contribution in [0.2, 0.25) is 0 Å². The molecule has 3 heteroatoms. The van der Waals surface area contributed by atoms with E-state index >= 15 is 0 Å². The number of ether oxygens (including phenoxy) is 2. The minimum absolute atomic E-state index is 0.189. The molecule has 21 heavy (non-hydrogen) atoms. The van der Waals surface area contributed by atoms with Crippen LogP contribution in [-0.4, -0.2) is 18.6 Å². The van der Waals surface area contributed by atoms with Gasteiger partial charge in [0.05, 0.1) is 12.7 Å². The molecule has 2 rings (SSSR count). The smallest absolute Gasteiger partial charge is 0.119 e. The molecule has 0 saturated carbocycles. The standard InChI is InChI=1S/C18H21ClO2/c1-14(2)21-17-9-7-15(8-10-17)16-5-3-6-18(13-16)20-12-4-11-19/h3,5-10,13-14H,4,11-12H2,1-2H3. The Bertz CT molecular complexity index is 549. The van der Waals surface area contributed by atoms with E-state index in [-0.39, 0.29) is 6.10 Å². The number of halogens is 1. The van der Waals surface area contributed by atoms with Gasteiger partial charge in [-0.05, 0) is 55.7 Å². The highest BCUT2D eigenvalue weighted by Gasteiger charge is 2.02. The fourth-order valence-corrected chi connectivity index (χ4v) is 2.12. The van der Waals surface area contributed by atoms with Crippen LogP contribution in [0, 0.1) is 0 Å². The monoisotopic (exact) mass is 304 g/mol. The van der Waals surface area contributed by atoms with E-state index in [4.69, 9.17) is 21.1 Å². The normalized spacial score (nSPS) is 10.7. The first-order valence-corrected chi connectivity index (χ1v) is 7.78. The molecule has 112 valence electrons. The van der Waals surface area contributed by atoms with E-state index in [1.807, 2.05) is 44.2 Å². The molecule has 0 N–H and O–H groups in total. The number of benzene rings is 2. The zero-order valence-corrected chi connectivity index (χ0v) is 13.3. The average Bonchev–Trinajstić information content (AvgIpc) is 2.48. The van der Waals surface area contributed by atoms with Crippen molar-refractivity contribution < 1.29 is 9.47 Å². The van der Waals surface area contributed by atoms with Gasteiger partial charge in [0.15, 0.2) is 0 Å². The van der Waals surface area contributed by atoms with E-state index in [2.05, 4.69) is 18.2 Å². The number of hydrogen-bond acceptors (Lipinski definition) is 2. The number of hydrogen-bond donors (Lipinski definition) is 0. The third-order valence-corrected chi connectivity index (χ3v) is 3.21. The molecule has 0 bridgehead atoms. The van der Waals surface area contributed by atoms with Crippen molar-refractivity contribution in [1.29, 1.82) is 0 Å². The quantitative estimate of drug-likeness (QED) is 0.520. The molecule has 0 fully saturated rings. The zero-order valence-electron chi connectivity index (χ0n) is 12.5. The SMILES string of the molecule is CC(C)Oc1ccc(-c2cccc(OCCCCl)c2)cc1. The van der Waals surface area contributed by atoms with E-state index in [9.17, 15) is 0 Å². The van der Waals surface area contributed by atoms with Gasteiger partial charge in [0.2, 0.25) is 0 Å². The van der Waals surface area contributed by atoms with Crippen molar-refractivity contribution in [3.8, 4) is 22.6 Å². The lowest BCUT2D eigenvalue weighted by Crippen LogP contribution is -2.05. The first-order valence-electron chi connectivity index (χ1n) is 7.25. The lowest BCUT2D eigenvalue weighted by atomic mass is 10.1. The van der Waals surface area contributed by atoms with Gasteiger partial charge in [0.25, 0.3) is 0 Å². The first kappa shape index (κ1) is 15.7. The molecule has 0 heterocycles. The molecule has 0 aliphatic carbocycles. The fraction of sp³-hybridized carbons (Fsp3) is 0.333. The maximum absolute atomic E-state index is 5.68. The van der Waals surface area contributed by atoms with E-state index < -0.39 is 0 Å². The highest BCUT2D eigenvalue weighted by molar-refractivity contribution is 6.17. The van der Waals surface area contributed by atoms with Crippen molar-refractivity contribution in [2.45, 2.75) is 26.4 Å². The van der Waals surface area contributed by atoms with Crippen molar-refractivity contribution in [3.05, 3.63) is 48.5 Å². The maximum Gasteiger partial charge on any atom is 0.119 e. The topological polar surface area (TPSA) is 18.5 Å². The summed E-state index contributed by atoms with van der Waals surface area (Å²) in [7, 11) is 0. The van der Waals surface area contributed by atoms with Crippen LogP contribution in [0.4, 0.5) is 0 Å². The van der Waals surface area contributed by atoms with Gasteiger partial charge in [-0.3, -0.25) is 0 Å². The molecule has 0 aliphatic rings. The van der Waals surface area contributed by atoms with Crippen molar-refractivity contribution in [3.63, 3.8) is 0 Å². The van der Waals surface area contributed by atoms with Crippen molar-refractivity contribution >= 4 is 11.6 Å². The predicted octanol–water partition coefficient (Wildman–Crippen LogP) is 5.15. The van der Waals surface area contributed by atoms with E-state index in [0.29, 0.717) is 12.5 Å². The summed E-state index contributed by atoms with van der Waals surface area (Å²) in [6.07, 6.45) is 1.04. The second kappa shape index (κ2) is 7.94. The fourth-order valence-electron chi connectivity index (χ4n) is 2.01. The minimum Gasteiger partial charge on any atom is -0.494 e. The Hall–Kier alpha value is -1.67. The largest absolute Gasteiger partial charge is 0.494 e. The van der Waals surface area contributed by atoms with Crippen LogP contribution >= 0.6 is 11.6 Å². The average molecular weight is 305 g/mol. The van der Waals surface area contributed by atoms with Crippen LogP contribution in [0.1, 0.15) is 20.3 Å². The van der Waals surface area contributed by atoms with Gasteiger partial charge in [-0.2, -0.15) is 0 Å². The van der Waals surface area contributed by atoms with Crippen molar-refractivity contribution in [2.75, 3.05) is 12.5 Å². The Kier molecular flexibility index (Phi) is 5.94. The van der Waals surface area contributed by atoms with E-state index in [1.54, 1.807) is 0 Å². The first-order chi connectivity index (χ1) is 10.2. The highest BCUT2D eigenvalue weighted by Crippen LogP contribution is 2.26. The summed E-state index contributed by atoms with van der Waals surface area (Å²) in [6.45, 7) is 4.69. The summed E-state index contributed by atoms with van der Waals surface area (Å²) in [5.41, 5.74) is 2.28. The third kappa shape index (κ3) is 4.98. The Morgan fingerprint density at radius 2 is 1.71 bits per heavy atom. The molecule has 0 atom stereocenters. The maximum atomic E-state index is 5.68. The zero-order chi connectivity index (χ0) is 15.1. The van der Waals surface area contributed by atoms with Crippen LogP contribution in [0.3, 0.4) is 0 Å². The Morgan fingerprint density at radius 1 is 0.952 bits per heavy atom. The van der Waals surface area contributed by atoms with Gasteiger partial charge < -0.3 is 9.47 Å².